The minimum atomic E-state index is -3.65. The molecule has 0 aliphatic rings. The maximum atomic E-state index is 12.5. The second-order valence-corrected chi connectivity index (χ2v) is 7.86. The Morgan fingerprint density at radius 2 is 1.14 bits per heavy atom. The molecule has 0 bridgehead atoms. The van der Waals surface area contributed by atoms with Crippen LogP contribution in [0.5, 0.6) is 0 Å². The highest BCUT2D eigenvalue weighted by atomic mass is 79.9. The average molecular weight is 385 g/mol. The zero-order valence-corrected chi connectivity index (χ0v) is 14.8. The Kier molecular flexibility index (Phi) is 7.46. The number of benzene rings is 2. The van der Waals surface area contributed by atoms with E-state index in [9.17, 15) is 9.46 Å². The van der Waals surface area contributed by atoms with Gasteiger partial charge in [-0.25, -0.2) is 0 Å². The Balaban J connectivity index is 0.00000242. The van der Waals surface area contributed by atoms with Crippen molar-refractivity contribution in [2.45, 2.75) is 24.4 Å². The van der Waals surface area contributed by atoms with Gasteiger partial charge in [-0.2, -0.15) is 0 Å². The Morgan fingerprint density at radius 1 is 0.818 bits per heavy atom. The van der Waals surface area contributed by atoms with E-state index in [4.69, 9.17) is 11.5 Å². The summed E-state index contributed by atoms with van der Waals surface area (Å²) < 4.78 is 12.5. The van der Waals surface area contributed by atoms with Crippen LogP contribution in [0, 0.1) is 0 Å². The topological polar surface area (TPSA) is 89.3 Å². The molecular formula is C16H22BrN2O2P. The quantitative estimate of drug-likeness (QED) is 0.667. The SMILES string of the molecule is Br.NC(Cc1ccccc1)P(=O)(O)C(N)Cc1ccccc1. The highest BCUT2D eigenvalue weighted by molar-refractivity contribution is 8.93. The third-order valence-corrected chi connectivity index (χ3v) is 5.79. The van der Waals surface area contributed by atoms with Gasteiger partial charge in [-0.05, 0) is 24.0 Å². The molecule has 2 aromatic rings. The molecule has 2 unspecified atom stereocenters. The summed E-state index contributed by atoms with van der Waals surface area (Å²) in [7, 11) is -3.65. The summed E-state index contributed by atoms with van der Waals surface area (Å²) in [6.45, 7) is 0. The molecule has 4 nitrogen and oxygen atoms in total. The molecule has 120 valence electrons. The van der Waals surface area contributed by atoms with Crippen LogP contribution >= 0.6 is 24.4 Å². The summed E-state index contributed by atoms with van der Waals surface area (Å²) in [6.07, 6.45) is 0.689. The molecule has 0 saturated heterocycles. The van der Waals surface area contributed by atoms with E-state index in [-0.39, 0.29) is 17.0 Å². The van der Waals surface area contributed by atoms with Crippen LogP contribution in [0.4, 0.5) is 0 Å². The van der Waals surface area contributed by atoms with E-state index in [1.54, 1.807) is 0 Å². The van der Waals surface area contributed by atoms with Crippen LogP contribution in [0.15, 0.2) is 60.7 Å². The maximum Gasteiger partial charge on any atom is 0.233 e. The number of nitrogens with two attached hydrogens (primary N) is 2. The number of halogens is 1. The maximum absolute atomic E-state index is 12.5. The Hall–Kier alpha value is -0.970. The fraction of sp³-hybridized carbons (Fsp3) is 0.250. The van der Waals surface area contributed by atoms with Crippen LogP contribution in [0.25, 0.3) is 0 Å². The number of rotatable bonds is 6. The standard InChI is InChI=1S/C16H21N2O2P.BrH/c17-15(11-13-7-3-1-4-8-13)21(19,20)16(18)12-14-9-5-2-6-10-14;/h1-10,15-16H,11-12,17-18H2,(H,19,20);1H. The molecule has 5 N–H and O–H groups in total. The van der Waals surface area contributed by atoms with Crippen molar-refractivity contribution in [3.63, 3.8) is 0 Å². The smallest absolute Gasteiger partial charge is 0.233 e. The largest absolute Gasteiger partial charge is 0.342 e. The molecule has 2 rings (SSSR count). The fourth-order valence-corrected chi connectivity index (χ4v) is 3.66. The van der Waals surface area contributed by atoms with Gasteiger partial charge in [0.05, 0.1) is 11.6 Å². The van der Waals surface area contributed by atoms with Gasteiger partial charge in [-0.3, -0.25) is 4.57 Å². The van der Waals surface area contributed by atoms with E-state index in [1.807, 2.05) is 60.7 Å². The van der Waals surface area contributed by atoms with Crippen molar-refractivity contribution >= 4 is 24.4 Å². The van der Waals surface area contributed by atoms with Crippen molar-refractivity contribution < 1.29 is 9.46 Å². The van der Waals surface area contributed by atoms with Gasteiger partial charge in [-0.15, -0.1) is 17.0 Å². The minimum Gasteiger partial charge on any atom is -0.342 e. The Bertz CT molecular complexity index is 559. The second-order valence-electron chi connectivity index (χ2n) is 5.19. The molecule has 2 atom stereocenters. The molecule has 0 amide bonds. The van der Waals surface area contributed by atoms with Crippen molar-refractivity contribution in [1.82, 2.24) is 0 Å². The van der Waals surface area contributed by atoms with E-state index >= 15 is 0 Å². The Morgan fingerprint density at radius 3 is 1.45 bits per heavy atom. The van der Waals surface area contributed by atoms with Gasteiger partial charge < -0.3 is 16.4 Å². The first kappa shape index (κ1) is 19.1. The molecule has 0 aliphatic carbocycles. The van der Waals surface area contributed by atoms with Crippen LogP contribution in [0.2, 0.25) is 0 Å². The van der Waals surface area contributed by atoms with Crippen LogP contribution < -0.4 is 11.5 Å². The molecule has 0 fully saturated rings. The molecule has 0 heterocycles. The van der Waals surface area contributed by atoms with Crippen LogP contribution in [-0.4, -0.2) is 16.5 Å². The lowest BCUT2D eigenvalue weighted by Gasteiger charge is -2.25. The molecule has 6 heteroatoms. The normalized spacial score (nSPS) is 16.1. The van der Waals surface area contributed by atoms with Crippen molar-refractivity contribution in [3.05, 3.63) is 71.8 Å². The molecule has 22 heavy (non-hydrogen) atoms. The first-order valence-corrected chi connectivity index (χ1v) is 8.71. The van der Waals surface area contributed by atoms with Gasteiger partial charge in [0, 0.05) is 0 Å². The van der Waals surface area contributed by atoms with Gasteiger partial charge in [0.2, 0.25) is 7.37 Å². The first-order chi connectivity index (χ1) is 10.00. The molecular weight excluding hydrogens is 363 g/mol. The van der Waals surface area contributed by atoms with Crippen molar-refractivity contribution in [2.75, 3.05) is 0 Å². The predicted octanol–water partition coefficient (Wildman–Crippen LogP) is 2.89. The number of hydrogen-bond acceptors (Lipinski definition) is 3. The highest BCUT2D eigenvalue weighted by Crippen LogP contribution is 2.49. The zero-order valence-electron chi connectivity index (χ0n) is 12.2. The number of hydrogen-bond donors (Lipinski definition) is 3. The summed E-state index contributed by atoms with van der Waals surface area (Å²) in [6, 6.07) is 18.9. The average Bonchev–Trinajstić information content (AvgIpc) is 2.49. The summed E-state index contributed by atoms with van der Waals surface area (Å²) >= 11 is 0. The van der Waals surface area contributed by atoms with Gasteiger partial charge in [0.15, 0.2) is 0 Å². The third-order valence-electron chi connectivity index (χ3n) is 3.53. The van der Waals surface area contributed by atoms with E-state index in [0.29, 0.717) is 12.8 Å². The highest BCUT2D eigenvalue weighted by Gasteiger charge is 2.34. The van der Waals surface area contributed by atoms with E-state index in [0.717, 1.165) is 11.1 Å². The molecule has 0 aliphatic heterocycles. The van der Waals surface area contributed by atoms with Gasteiger partial charge in [0.25, 0.3) is 0 Å². The van der Waals surface area contributed by atoms with E-state index in [2.05, 4.69) is 0 Å². The molecule has 0 aromatic heterocycles. The van der Waals surface area contributed by atoms with Crippen molar-refractivity contribution in [3.8, 4) is 0 Å². The van der Waals surface area contributed by atoms with Crippen LogP contribution in [0.3, 0.4) is 0 Å². The van der Waals surface area contributed by atoms with Crippen molar-refractivity contribution in [1.29, 1.82) is 0 Å². The zero-order chi connectivity index (χ0) is 15.3. The third kappa shape index (κ3) is 5.04. The summed E-state index contributed by atoms with van der Waals surface area (Å²) in [5, 5.41) is 0. The minimum absolute atomic E-state index is 0. The molecule has 0 spiro atoms. The predicted molar refractivity (Wildman–Crippen MR) is 96.4 cm³/mol. The first-order valence-electron chi connectivity index (χ1n) is 6.91. The lowest BCUT2D eigenvalue weighted by Crippen LogP contribution is -2.34. The fourth-order valence-electron chi connectivity index (χ4n) is 2.22. The van der Waals surface area contributed by atoms with Gasteiger partial charge in [0.1, 0.15) is 0 Å². The van der Waals surface area contributed by atoms with Crippen molar-refractivity contribution in [2.24, 2.45) is 11.5 Å². The summed E-state index contributed by atoms with van der Waals surface area (Å²) in [4.78, 5) is 10.3. The lowest BCUT2D eigenvalue weighted by molar-refractivity contribution is 0.446. The van der Waals surface area contributed by atoms with E-state index in [1.165, 1.54) is 0 Å². The summed E-state index contributed by atoms with van der Waals surface area (Å²) in [5.41, 5.74) is 13.8. The van der Waals surface area contributed by atoms with E-state index < -0.39 is 18.9 Å². The second kappa shape index (κ2) is 8.61. The van der Waals surface area contributed by atoms with Crippen LogP contribution in [0.1, 0.15) is 11.1 Å². The summed E-state index contributed by atoms with van der Waals surface area (Å²) in [5.74, 6) is -1.70. The molecule has 0 radical (unpaired) electrons. The van der Waals surface area contributed by atoms with Gasteiger partial charge in [-0.1, -0.05) is 60.7 Å². The Labute approximate surface area is 141 Å². The monoisotopic (exact) mass is 384 g/mol. The molecule has 0 saturated carbocycles. The van der Waals surface area contributed by atoms with Gasteiger partial charge >= 0.3 is 0 Å². The lowest BCUT2D eigenvalue weighted by atomic mass is 10.1. The van der Waals surface area contributed by atoms with Crippen LogP contribution in [-0.2, 0) is 17.4 Å². The molecule has 2 aromatic carbocycles.